The number of aliphatic hydroxyl groups is 1. The Kier molecular flexibility index (Phi) is 3.89. The first-order valence-corrected chi connectivity index (χ1v) is 7.97. The fourth-order valence-electron chi connectivity index (χ4n) is 4.07. The second kappa shape index (κ2) is 5.54. The standard InChI is InChI=1S/C18H25NO2/c1-18(2,17(21)13-6-4-3-5-7-13)12-19-10-14-8-9-16(20)15(14)11-19/h3-7,14-16,20H,8-12H2,1-2H3. The molecular formula is C18H25NO2. The van der Waals surface area contributed by atoms with Crippen LogP contribution in [0.15, 0.2) is 30.3 Å². The highest BCUT2D eigenvalue weighted by atomic mass is 16.3. The van der Waals surface area contributed by atoms with Crippen LogP contribution in [-0.2, 0) is 0 Å². The number of nitrogens with zero attached hydrogens (tertiary/aromatic N) is 1. The number of benzene rings is 1. The summed E-state index contributed by atoms with van der Waals surface area (Å²) in [5, 5.41) is 10.0. The van der Waals surface area contributed by atoms with Crippen molar-refractivity contribution in [1.29, 1.82) is 0 Å². The fraction of sp³-hybridized carbons (Fsp3) is 0.611. The molecule has 1 aliphatic heterocycles. The molecule has 1 heterocycles. The minimum Gasteiger partial charge on any atom is -0.393 e. The van der Waals surface area contributed by atoms with Crippen LogP contribution in [0.4, 0.5) is 0 Å². The van der Waals surface area contributed by atoms with Crippen molar-refractivity contribution in [3.63, 3.8) is 0 Å². The number of rotatable bonds is 4. The van der Waals surface area contributed by atoms with Crippen molar-refractivity contribution in [1.82, 2.24) is 4.90 Å². The number of fused-ring (bicyclic) bond motifs is 1. The van der Waals surface area contributed by atoms with E-state index in [2.05, 4.69) is 4.90 Å². The minimum absolute atomic E-state index is 0.132. The smallest absolute Gasteiger partial charge is 0.169 e. The Labute approximate surface area is 127 Å². The van der Waals surface area contributed by atoms with Crippen LogP contribution >= 0.6 is 0 Å². The number of hydrogen-bond donors (Lipinski definition) is 1. The van der Waals surface area contributed by atoms with Crippen LogP contribution in [0.5, 0.6) is 0 Å². The zero-order valence-corrected chi connectivity index (χ0v) is 13.0. The molecule has 1 aromatic rings. The van der Waals surface area contributed by atoms with Gasteiger partial charge < -0.3 is 10.0 Å². The van der Waals surface area contributed by atoms with Crippen LogP contribution in [0.3, 0.4) is 0 Å². The van der Waals surface area contributed by atoms with Crippen LogP contribution < -0.4 is 0 Å². The first-order valence-electron chi connectivity index (χ1n) is 7.97. The van der Waals surface area contributed by atoms with Crippen molar-refractivity contribution in [3.05, 3.63) is 35.9 Å². The maximum absolute atomic E-state index is 12.7. The maximum Gasteiger partial charge on any atom is 0.169 e. The molecule has 2 fully saturated rings. The number of aliphatic hydroxyl groups excluding tert-OH is 1. The average molecular weight is 287 g/mol. The summed E-state index contributed by atoms with van der Waals surface area (Å²) in [6, 6.07) is 9.56. The van der Waals surface area contributed by atoms with Crippen LogP contribution in [0.25, 0.3) is 0 Å². The Morgan fingerprint density at radius 3 is 2.62 bits per heavy atom. The lowest BCUT2D eigenvalue weighted by molar-refractivity contribution is 0.0761. The number of carbonyl (C=O) groups is 1. The molecule has 3 atom stereocenters. The number of ketones is 1. The molecule has 1 saturated carbocycles. The molecule has 0 amide bonds. The summed E-state index contributed by atoms with van der Waals surface area (Å²) in [5.74, 6) is 1.26. The topological polar surface area (TPSA) is 40.5 Å². The summed E-state index contributed by atoms with van der Waals surface area (Å²) in [4.78, 5) is 15.1. The van der Waals surface area contributed by atoms with E-state index in [0.29, 0.717) is 11.8 Å². The SMILES string of the molecule is CC(C)(CN1CC2CCC(O)C2C1)C(=O)c1ccccc1. The molecule has 0 bridgehead atoms. The Morgan fingerprint density at radius 2 is 1.95 bits per heavy atom. The molecule has 2 aliphatic rings. The Morgan fingerprint density at radius 1 is 1.24 bits per heavy atom. The normalized spacial score (nSPS) is 29.6. The third-order valence-electron chi connectivity index (χ3n) is 5.16. The van der Waals surface area contributed by atoms with Crippen molar-refractivity contribution < 1.29 is 9.90 Å². The molecule has 3 unspecified atom stereocenters. The third kappa shape index (κ3) is 2.90. The van der Waals surface area contributed by atoms with Crippen LogP contribution in [0.1, 0.15) is 37.0 Å². The largest absolute Gasteiger partial charge is 0.393 e. The lowest BCUT2D eigenvalue weighted by atomic mass is 9.83. The number of carbonyl (C=O) groups excluding carboxylic acids is 1. The van der Waals surface area contributed by atoms with Gasteiger partial charge in [0.15, 0.2) is 5.78 Å². The zero-order chi connectivity index (χ0) is 15.0. The molecule has 3 heteroatoms. The summed E-state index contributed by atoms with van der Waals surface area (Å²) in [6.45, 7) is 6.82. The van der Waals surface area contributed by atoms with Gasteiger partial charge in [-0.25, -0.2) is 0 Å². The zero-order valence-electron chi connectivity index (χ0n) is 13.0. The Balaban J connectivity index is 1.65. The third-order valence-corrected chi connectivity index (χ3v) is 5.16. The van der Waals surface area contributed by atoms with E-state index in [9.17, 15) is 9.90 Å². The van der Waals surface area contributed by atoms with E-state index in [1.807, 2.05) is 44.2 Å². The first-order chi connectivity index (χ1) is 9.97. The van der Waals surface area contributed by atoms with Crippen molar-refractivity contribution in [2.75, 3.05) is 19.6 Å². The maximum atomic E-state index is 12.7. The monoisotopic (exact) mass is 287 g/mol. The molecule has 3 nitrogen and oxygen atoms in total. The Hall–Kier alpha value is -1.19. The fourth-order valence-corrected chi connectivity index (χ4v) is 4.07. The van der Waals surface area contributed by atoms with Gasteiger partial charge in [0.2, 0.25) is 0 Å². The molecule has 1 aliphatic carbocycles. The predicted molar refractivity (Wildman–Crippen MR) is 83.2 cm³/mol. The number of Topliss-reactive ketones (excluding diaryl/α,β-unsaturated/α-hetero) is 1. The van der Waals surface area contributed by atoms with Gasteiger partial charge in [0.05, 0.1) is 6.10 Å². The van der Waals surface area contributed by atoms with Gasteiger partial charge in [0.1, 0.15) is 0 Å². The molecular weight excluding hydrogens is 262 g/mol. The average Bonchev–Trinajstić information content (AvgIpc) is 3.00. The molecule has 1 saturated heterocycles. The van der Waals surface area contributed by atoms with E-state index in [-0.39, 0.29) is 17.3 Å². The van der Waals surface area contributed by atoms with Gasteiger partial charge in [-0.15, -0.1) is 0 Å². The number of likely N-dealkylation sites (tertiary alicyclic amines) is 1. The summed E-state index contributed by atoms with van der Waals surface area (Å²) >= 11 is 0. The summed E-state index contributed by atoms with van der Waals surface area (Å²) in [6.07, 6.45) is 1.96. The molecule has 3 rings (SSSR count). The second-order valence-corrected chi connectivity index (χ2v) is 7.34. The summed E-state index contributed by atoms with van der Waals surface area (Å²) in [7, 11) is 0. The van der Waals surface area contributed by atoms with Crippen molar-refractivity contribution in [2.24, 2.45) is 17.3 Å². The highest BCUT2D eigenvalue weighted by Gasteiger charge is 2.43. The van der Waals surface area contributed by atoms with Crippen LogP contribution in [0, 0.1) is 17.3 Å². The van der Waals surface area contributed by atoms with Crippen LogP contribution in [0.2, 0.25) is 0 Å². The van der Waals surface area contributed by atoms with Gasteiger partial charge in [0, 0.05) is 36.5 Å². The van der Waals surface area contributed by atoms with Gasteiger partial charge in [-0.2, -0.15) is 0 Å². The van der Waals surface area contributed by atoms with Gasteiger partial charge in [-0.1, -0.05) is 44.2 Å². The molecule has 0 aromatic heterocycles. The molecule has 0 spiro atoms. The molecule has 21 heavy (non-hydrogen) atoms. The van der Waals surface area contributed by atoms with E-state index in [1.54, 1.807) is 0 Å². The van der Waals surface area contributed by atoms with E-state index in [0.717, 1.165) is 38.0 Å². The lowest BCUT2D eigenvalue weighted by Crippen LogP contribution is -2.39. The Bertz CT molecular complexity index is 511. The van der Waals surface area contributed by atoms with Gasteiger partial charge in [-0.3, -0.25) is 4.79 Å². The van der Waals surface area contributed by atoms with Gasteiger partial charge in [0.25, 0.3) is 0 Å². The quantitative estimate of drug-likeness (QED) is 0.865. The highest BCUT2D eigenvalue weighted by Crippen LogP contribution is 2.39. The van der Waals surface area contributed by atoms with Crippen molar-refractivity contribution in [2.45, 2.75) is 32.8 Å². The highest BCUT2D eigenvalue weighted by molar-refractivity contribution is 6.00. The first kappa shape index (κ1) is 14.7. The molecule has 1 aromatic carbocycles. The summed E-state index contributed by atoms with van der Waals surface area (Å²) < 4.78 is 0. The molecule has 0 radical (unpaired) electrons. The van der Waals surface area contributed by atoms with Crippen molar-refractivity contribution in [3.8, 4) is 0 Å². The van der Waals surface area contributed by atoms with E-state index in [1.165, 1.54) is 0 Å². The number of hydrogen-bond acceptors (Lipinski definition) is 3. The second-order valence-electron chi connectivity index (χ2n) is 7.34. The minimum atomic E-state index is -0.384. The van der Waals surface area contributed by atoms with E-state index in [4.69, 9.17) is 0 Å². The van der Waals surface area contributed by atoms with E-state index >= 15 is 0 Å². The van der Waals surface area contributed by atoms with Gasteiger partial charge in [-0.05, 0) is 18.8 Å². The van der Waals surface area contributed by atoms with Crippen molar-refractivity contribution >= 4 is 5.78 Å². The molecule has 114 valence electrons. The lowest BCUT2D eigenvalue weighted by Gasteiger charge is -2.29. The predicted octanol–water partition coefficient (Wildman–Crippen LogP) is 2.60. The van der Waals surface area contributed by atoms with E-state index < -0.39 is 0 Å². The summed E-state index contributed by atoms with van der Waals surface area (Å²) in [5.41, 5.74) is 0.409. The van der Waals surface area contributed by atoms with Crippen LogP contribution in [-0.4, -0.2) is 41.5 Å². The van der Waals surface area contributed by atoms with Gasteiger partial charge >= 0.3 is 0 Å². The molecule has 1 N–H and O–H groups in total.